The van der Waals surface area contributed by atoms with E-state index in [1.807, 2.05) is 13.0 Å². The van der Waals surface area contributed by atoms with E-state index in [4.69, 9.17) is 5.73 Å². The zero-order valence-corrected chi connectivity index (χ0v) is 10.9. The topological polar surface area (TPSA) is 50.9 Å². The highest BCUT2D eigenvalue weighted by molar-refractivity contribution is 7.10. The maximum absolute atomic E-state index is 5.70. The van der Waals surface area contributed by atoms with Crippen molar-refractivity contribution >= 4 is 22.8 Å². The molecule has 0 saturated heterocycles. The number of nitrogens with two attached hydrogens (primary N) is 1. The standard InChI is InChI=1S/C13H17N3S/c1-3-11(12-5-4-6-17-12)16-13-9(2)7-10(14)8-15-13/h4-8,11H,3,14H2,1-2H3,(H,15,16). The smallest absolute Gasteiger partial charge is 0.129 e. The van der Waals surface area contributed by atoms with Crippen LogP contribution < -0.4 is 11.1 Å². The number of aryl methyl sites for hydroxylation is 1. The zero-order chi connectivity index (χ0) is 12.3. The third kappa shape index (κ3) is 2.77. The summed E-state index contributed by atoms with van der Waals surface area (Å²) in [6, 6.07) is 6.49. The van der Waals surface area contributed by atoms with Crippen molar-refractivity contribution in [1.82, 2.24) is 4.98 Å². The quantitative estimate of drug-likeness (QED) is 0.868. The van der Waals surface area contributed by atoms with Crippen molar-refractivity contribution in [3.05, 3.63) is 40.2 Å². The molecular formula is C13H17N3S. The molecule has 0 aliphatic rings. The summed E-state index contributed by atoms with van der Waals surface area (Å²) in [7, 11) is 0. The van der Waals surface area contributed by atoms with Gasteiger partial charge in [0.1, 0.15) is 5.82 Å². The van der Waals surface area contributed by atoms with Gasteiger partial charge in [0.2, 0.25) is 0 Å². The van der Waals surface area contributed by atoms with Crippen LogP contribution in [0, 0.1) is 6.92 Å². The Morgan fingerprint density at radius 3 is 2.94 bits per heavy atom. The van der Waals surface area contributed by atoms with Gasteiger partial charge >= 0.3 is 0 Å². The van der Waals surface area contributed by atoms with Gasteiger partial charge in [-0.3, -0.25) is 0 Å². The van der Waals surface area contributed by atoms with Crippen molar-refractivity contribution in [2.75, 3.05) is 11.1 Å². The highest BCUT2D eigenvalue weighted by atomic mass is 32.1. The third-order valence-corrected chi connectivity index (χ3v) is 3.69. The number of nitrogen functional groups attached to an aromatic ring is 1. The molecule has 0 bridgehead atoms. The third-order valence-electron chi connectivity index (χ3n) is 2.71. The molecule has 0 spiro atoms. The van der Waals surface area contributed by atoms with Crippen LogP contribution in [0.3, 0.4) is 0 Å². The summed E-state index contributed by atoms with van der Waals surface area (Å²) < 4.78 is 0. The van der Waals surface area contributed by atoms with E-state index < -0.39 is 0 Å². The van der Waals surface area contributed by atoms with Gasteiger partial charge in [0.25, 0.3) is 0 Å². The largest absolute Gasteiger partial charge is 0.397 e. The molecule has 2 heterocycles. The van der Waals surface area contributed by atoms with E-state index in [9.17, 15) is 0 Å². The molecule has 0 aliphatic heterocycles. The number of nitrogens with zero attached hydrogens (tertiary/aromatic N) is 1. The summed E-state index contributed by atoms with van der Waals surface area (Å²) >= 11 is 1.77. The summed E-state index contributed by atoms with van der Waals surface area (Å²) in [6.07, 6.45) is 2.72. The van der Waals surface area contributed by atoms with E-state index in [0.717, 1.165) is 17.8 Å². The first kappa shape index (κ1) is 11.9. The van der Waals surface area contributed by atoms with Crippen LogP contribution in [0.5, 0.6) is 0 Å². The van der Waals surface area contributed by atoms with E-state index in [0.29, 0.717) is 11.7 Å². The lowest BCUT2D eigenvalue weighted by atomic mass is 10.1. The Bertz CT molecular complexity index is 479. The molecule has 1 unspecified atom stereocenters. The molecule has 0 aliphatic carbocycles. The van der Waals surface area contributed by atoms with E-state index >= 15 is 0 Å². The number of hydrogen-bond donors (Lipinski definition) is 2. The number of anilines is 2. The maximum atomic E-state index is 5.70. The summed E-state index contributed by atoms with van der Waals surface area (Å²) in [4.78, 5) is 5.68. The van der Waals surface area contributed by atoms with Crippen LogP contribution in [-0.4, -0.2) is 4.98 Å². The molecule has 2 aromatic heterocycles. The minimum atomic E-state index is 0.324. The highest BCUT2D eigenvalue weighted by Crippen LogP contribution is 2.26. The van der Waals surface area contributed by atoms with Crippen molar-refractivity contribution in [1.29, 1.82) is 0 Å². The second-order valence-corrected chi connectivity index (χ2v) is 5.03. The summed E-state index contributed by atoms with van der Waals surface area (Å²) in [6.45, 7) is 4.19. The average Bonchev–Trinajstić information content (AvgIpc) is 2.81. The normalized spacial score (nSPS) is 12.4. The van der Waals surface area contributed by atoms with E-state index in [1.165, 1.54) is 4.88 Å². The number of hydrogen-bond acceptors (Lipinski definition) is 4. The summed E-state index contributed by atoms with van der Waals surface area (Å²) in [5.74, 6) is 0.916. The molecule has 17 heavy (non-hydrogen) atoms. The van der Waals surface area contributed by atoms with Gasteiger partial charge in [-0.2, -0.15) is 0 Å². The lowest BCUT2D eigenvalue weighted by Gasteiger charge is -2.17. The molecule has 2 aromatic rings. The van der Waals surface area contributed by atoms with Crippen molar-refractivity contribution in [3.63, 3.8) is 0 Å². The fourth-order valence-corrected chi connectivity index (χ4v) is 2.64. The monoisotopic (exact) mass is 247 g/mol. The SMILES string of the molecule is CCC(Nc1ncc(N)cc1C)c1cccs1. The van der Waals surface area contributed by atoms with Gasteiger partial charge < -0.3 is 11.1 Å². The van der Waals surface area contributed by atoms with E-state index in [2.05, 4.69) is 34.7 Å². The van der Waals surface area contributed by atoms with Gasteiger partial charge in [-0.1, -0.05) is 13.0 Å². The molecule has 1 atom stereocenters. The molecule has 3 N–H and O–H groups in total. The van der Waals surface area contributed by atoms with Crippen molar-refractivity contribution in [3.8, 4) is 0 Å². The molecular weight excluding hydrogens is 230 g/mol. The molecule has 2 rings (SSSR count). The molecule has 0 amide bonds. The second-order valence-electron chi connectivity index (χ2n) is 4.05. The minimum absolute atomic E-state index is 0.324. The van der Waals surface area contributed by atoms with Gasteiger partial charge in [0.05, 0.1) is 17.9 Å². The predicted molar refractivity (Wildman–Crippen MR) is 74.4 cm³/mol. The maximum Gasteiger partial charge on any atom is 0.129 e. The molecule has 4 heteroatoms. The second kappa shape index (κ2) is 5.19. The Kier molecular flexibility index (Phi) is 3.64. The summed E-state index contributed by atoms with van der Waals surface area (Å²) in [5.41, 5.74) is 7.49. The average molecular weight is 247 g/mol. The van der Waals surface area contributed by atoms with Crippen molar-refractivity contribution < 1.29 is 0 Å². The van der Waals surface area contributed by atoms with Gasteiger partial charge in [0, 0.05) is 4.88 Å². The van der Waals surface area contributed by atoms with Gasteiger partial charge in [0.15, 0.2) is 0 Å². The lowest BCUT2D eigenvalue weighted by molar-refractivity contribution is 0.757. The van der Waals surface area contributed by atoms with Crippen LogP contribution >= 0.6 is 11.3 Å². The Morgan fingerprint density at radius 2 is 2.35 bits per heavy atom. The van der Waals surface area contributed by atoms with Crippen LogP contribution in [0.25, 0.3) is 0 Å². The fraction of sp³-hybridized carbons (Fsp3) is 0.308. The lowest BCUT2D eigenvalue weighted by Crippen LogP contribution is -2.10. The van der Waals surface area contributed by atoms with Crippen molar-refractivity contribution in [2.24, 2.45) is 0 Å². The molecule has 0 aromatic carbocycles. The van der Waals surface area contributed by atoms with Gasteiger partial charge in [-0.05, 0) is 36.4 Å². The number of aromatic nitrogens is 1. The molecule has 3 nitrogen and oxygen atoms in total. The number of rotatable bonds is 4. The van der Waals surface area contributed by atoms with Crippen LogP contribution in [-0.2, 0) is 0 Å². The van der Waals surface area contributed by atoms with Crippen LogP contribution in [0.4, 0.5) is 11.5 Å². The molecule has 90 valence electrons. The number of thiophene rings is 1. The molecule has 0 fully saturated rings. The Balaban J connectivity index is 2.19. The first-order chi connectivity index (χ1) is 8.20. The highest BCUT2D eigenvalue weighted by Gasteiger charge is 2.11. The van der Waals surface area contributed by atoms with Crippen LogP contribution in [0.2, 0.25) is 0 Å². The summed E-state index contributed by atoms with van der Waals surface area (Å²) in [5, 5.41) is 5.57. The molecule has 0 saturated carbocycles. The number of pyridine rings is 1. The zero-order valence-electron chi connectivity index (χ0n) is 10.1. The fourth-order valence-electron chi connectivity index (χ4n) is 1.78. The van der Waals surface area contributed by atoms with Crippen LogP contribution in [0.15, 0.2) is 29.8 Å². The van der Waals surface area contributed by atoms with E-state index in [1.54, 1.807) is 17.5 Å². The number of nitrogens with one attached hydrogen (secondary N) is 1. The van der Waals surface area contributed by atoms with Crippen LogP contribution in [0.1, 0.15) is 29.8 Å². The molecule has 0 radical (unpaired) electrons. The Morgan fingerprint density at radius 1 is 1.53 bits per heavy atom. The van der Waals surface area contributed by atoms with E-state index in [-0.39, 0.29) is 0 Å². The van der Waals surface area contributed by atoms with Gasteiger partial charge in [-0.25, -0.2) is 4.98 Å². The Hall–Kier alpha value is -1.55. The first-order valence-electron chi connectivity index (χ1n) is 5.72. The Labute approximate surface area is 106 Å². The predicted octanol–water partition coefficient (Wildman–Crippen LogP) is 3.60. The minimum Gasteiger partial charge on any atom is -0.397 e. The van der Waals surface area contributed by atoms with Gasteiger partial charge in [-0.15, -0.1) is 11.3 Å². The van der Waals surface area contributed by atoms with Crippen molar-refractivity contribution in [2.45, 2.75) is 26.3 Å². The first-order valence-corrected chi connectivity index (χ1v) is 6.60.